The van der Waals surface area contributed by atoms with Crippen LogP contribution in [0.2, 0.25) is 0 Å². The van der Waals surface area contributed by atoms with Crippen molar-refractivity contribution >= 4 is 10.1 Å². The molecule has 28 heavy (non-hydrogen) atoms. The van der Waals surface area contributed by atoms with Gasteiger partial charge in [-0.25, -0.2) is 0 Å². The van der Waals surface area contributed by atoms with Gasteiger partial charge in [0.2, 0.25) is 0 Å². The third kappa shape index (κ3) is 4.81. The quantitative estimate of drug-likeness (QED) is 0.506. The minimum absolute atomic E-state index is 0.129. The zero-order valence-corrected chi connectivity index (χ0v) is 18.0. The van der Waals surface area contributed by atoms with Crippen LogP contribution in [0.25, 0.3) is 0 Å². The van der Waals surface area contributed by atoms with E-state index in [-0.39, 0.29) is 6.10 Å². The Bertz CT molecular complexity index is 737. The lowest BCUT2D eigenvalue weighted by atomic mass is 9.80. The predicted molar refractivity (Wildman–Crippen MR) is 113 cm³/mol. The minimum atomic E-state index is -3.69. The van der Waals surface area contributed by atoms with Crippen LogP contribution in [0.15, 0.2) is 23.1 Å². The molecule has 0 amide bonds. The summed E-state index contributed by atoms with van der Waals surface area (Å²) in [4.78, 5) is 0.463. The molecule has 4 rings (SSSR count). The smallest absolute Gasteiger partial charge is 0.263 e. The average molecular weight is 405 g/mol. The molecule has 0 aliphatic heterocycles. The first-order chi connectivity index (χ1) is 13.6. The molecule has 156 valence electrons. The zero-order valence-electron chi connectivity index (χ0n) is 17.2. The second-order valence-corrected chi connectivity index (χ2v) is 10.8. The van der Waals surface area contributed by atoms with Crippen LogP contribution in [0, 0.1) is 0 Å². The fourth-order valence-corrected chi connectivity index (χ4v) is 7.01. The van der Waals surface area contributed by atoms with Crippen molar-refractivity contribution in [3.8, 4) is 0 Å². The van der Waals surface area contributed by atoms with E-state index in [1.165, 1.54) is 63.4 Å². The molecule has 0 heterocycles. The van der Waals surface area contributed by atoms with E-state index in [4.69, 9.17) is 4.18 Å². The van der Waals surface area contributed by atoms with Gasteiger partial charge in [-0.1, -0.05) is 69.9 Å². The van der Waals surface area contributed by atoms with E-state index >= 15 is 0 Å². The summed E-state index contributed by atoms with van der Waals surface area (Å²) in [7, 11) is -3.69. The largest absolute Gasteiger partial charge is 0.297 e. The second-order valence-electron chi connectivity index (χ2n) is 9.28. The lowest BCUT2D eigenvalue weighted by Crippen LogP contribution is -2.23. The van der Waals surface area contributed by atoms with Gasteiger partial charge in [0, 0.05) is 0 Å². The standard InChI is InChI=1S/C24H36O3S/c25-28(26,27-22-14-8-3-9-15-22)24-17-16-21(19-10-4-1-5-11-19)18-23(24)20-12-6-2-7-13-20/h16-20,22H,1-15H2. The van der Waals surface area contributed by atoms with Gasteiger partial charge in [-0.05, 0) is 67.6 Å². The Balaban J connectivity index is 1.64. The summed E-state index contributed by atoms with van der Waals surface area (Å²) < 4.78 is 32.2. The van der Waals surface area contributed by atoms with Crippen molar-refractivity contribution in [2.45, 2.75) is 119 Å². The van der Waals surface area contributed by atoms with Gasteiger partial charge in [-0.15, -0.1) is 0 Å². The van der Waals surface area contributed by atoms with E-state index in [9.17, 15) is 8.42 Å². The fraction of sp³-hybridized carbons (Fsp3) is 0.750. The maximum absolute atomic E-state index is 13.2. The summed E-state index contributed by atoms with van der Waals surface area (Å²) in [6.45, 7) is 0. The van der Waals surface area contributed by atoms with Crippen LogP contribution in [0.4, 0.5) is 0 Å². The van der Waals surface area contributed by atoms with Crippen molar-refractivity contribution in [2.24, 2.45) is 0 Å². The van der Waals surface area contributed by atoms with E-state index in [2.05, 4.69) is 12.1 Å². The third-order valence-electron chi connectivity index (χ3n) is 7.24. The first-order valence-corrected chi connectivity index (χ1v) is 13.1. The van der Waals surface area contributed by atoms with Gasteiger partial charge in [0.1, 0.15) is 0 Å². The molecule has 0 bridgehead atoms. The summed E-state index contributed by atoms with van der Waals surface area (Å²) in [5.74, 6) is 0.976. The summed E-state index contributed by atoms with van der Waals surface area (Å²) in [5, 5.41) is 0. The van der Waals surface area contributed by atoms with Crippen LogP contribution in [0.1, 0.15) is 119 Å². The van der Waals surface area contributed by atoms with Crippen LogP contribution in [-0.4, -0.2) is 14.5 Å². The van der Waals surface area contributed by atoms with Gasteiger partial charge in [0.05, 0.1) is 11.0 Å². The molecule has 4 heteroatoms. The van der Waals surface area contributed by atoms with Crippen LogP contribution in [0.5, 0.6) is 0 Å². The highest BCUT2D eigenvalue weighted by molar-refractivity contribution is 7.86. The van der Waals surface area contributed by atoms with E-state index in [0.717, 1.165) is 44.1 Å². The fourth-order valence-electron chi connectivity index (χ4n) is 5.61. The summed E-state index contributed by atoms with van der Waals surface area (Å²) >= 11 is 0. The summed E-state index contributed by atoms with van der Waals surface area (Å²) in [5.41, 5.74) is 2.41. The van der Waals surface area contributed by atoms with Crippen molar-refractivity contribution in [1.29, 1.82) is 0 Å². The molecule has 0 radical (unpaired) electrons. The molecule has 0 spiro atoms. The molecule has 0 atom stereocenters. The SMILES string of the molecule is O=S(=O)(OC1CCCCC1)c1ccc(C2CCCCC2)cc1C1CCCCC1. The molecule has 0 unspecified atom stereocenters. The Labute approximate surface area is 171 Å². The minimum Gasteiger partial charge on any atom is -0.263 e. The van der Waals surface area contributed by atoms with Gasteiger partial charge in [0.15, 0.2) is 0 Å². The Morgan fingerprint density at radius 1 is 0.679 bits per heavy atom. The molecule has 3 aliphatic carbocycles. The maximum Gasteiger partial charge on any atom is 0.297 e. The van der Waals surface area contributed by atoms with Gasteiger partial charge >= 0.3 is 0 Å². The number of rotatable bonds is 5. The average Bonchev–Trinajstić information content (AvgIpc) is 2.75. The van der Waals surface area contributed by atoms with Crippen molar-refractivity contribution in [3.63, 3.8) is 0 Å². The highest BCUT2D eigenvalue weighted by atomic mass is 32.2. The van der Waals surface area contributed by atoms with E-state index in [1.54, 1.807) is 0 Å². The van der Waals surface area contributed by atoms with Crippen molar-refractivity contribution in [3.05, 3.63) is 29.3 Å². The van der Waals surface area contributed by atoms with Crippen LogP contribution < -0.4 is 0 Å². The highest BCUT2D eigenvalue weighted by Gasteiger charge is 2.30. The van der Waals surface area contributed by atoms with Crippen LogP contribution in [0.3, 0.4) is 0 Å². The molecule has 3 aliphatic rings. The highest BCUT2D eigenvalue weighted by Crippen LogP contribution is 2.40. The summed E-state index contributed by atoms with van der Waals surface area (Å²) in [6, 6.07) is 6.22. The number of hydrogen-bond donors (Lipinski definition) is 0. The molecule has 3 saturated carbocycles. The van der Waals surface area contributed by atoms with Crippen molar-refractivity contribution in [1.82, 2.24) is 0 Å². The first kappa shape index (κ1) is 20.4. The van der Waals surface area contributed by atoms with E-state index in [1.807, 2.05) is 6.07 Å². The second kappa shape index (κ2) is 9.30. The molecule has 3 nitrogen and oxygen atoms in total. The Kier molecular flexibility index (Phi) is 6.78. The molecular formula is C24H36O3S. The Morgan fingerprint density at radius 2 is 1.21 bits per heavy atom. The molecule has 0 aromatic heterocycles. The molecule has 1 aromatic carbocycles. The summed E-state index contributed by atoms with van der Waals surface area (Å²) in [6.07, 6.45) is 17.3. The third-order valence-corrected chi connectivity index (χ3v) is 8.68. The van der Waals surface area contributed by atoms with Crippen LogP contribution in [-0.2, 0) is 14.3 Å². The van der Waals surface area contributed by atoms with Gasteiger partial charge in [-0.3, -0.25) is 4.18 Å². The molecule has 0 N–H and O–H groups in total. The lowest BCUT2D eigenvalue weighted by Gasteiger charge is -2.28. The Hall–Kier alpha value is -0.870. The lowest BCUT2D eigenvalue weighted by molar-refractivity contribution is 0.162. The van der Waals surface area contributed by atoms with E-state index in [0.29, 0.717) is 16.7 Å². The van der Waals surface area contributed by atoms with Gasteiger partial charge in [-0.2, -0.15) is 8.42 Å². The van der Waals surface area contributed by atoms with Crippen molar-refractivity contribution < 1.29 is 12.6 Å². The molecular weight excluding hydrogens is 368 g/mol. The molecule has 0 saturated heterocycles. The van der Waals surface area contributed by atoms with E-state index < -0.39 is 10.1 Å². The van der Waals surface area contributed by atoms with Crippen LogP contribution >= 0.6 is 0 Å². The number of benzene rings is 1. The maximum atomic E-state index is 13.2. The number of hydrogen-bond acceptors (Lipinski definition) is 3. The Morgan fingerprint density at radius 3 is 1.82 bits per heavy atom. The normalized spacial score (nSPS) is 23.7. The first-order valence-electron chi connectivity index (χ1n) is 11.7. The van der Waals surface area contributed by atoms with Gasteiger partial charge in [0.25, 0.3) is 10.1 Å². The van der Waals surface area contributed by atoms with Crippen molar-refractivity contribution in [2.75, 3.05) is 0 Å². The molecule has 1 aromatic rings. The zero-order chi connectivity index (χ0) is 19.4. The monoisotopic (exact) mass is 404 g/mol. The topological polar surface area (TPSA) is 43.4 Å². The van der Waals surface area contributed by atoms with Gasteiger partial charge < -0.3 is 0 Å². The predicted octanol–water partition coefficient (Wildman–Crippen LogP) is 6.82. The molecule has 3 fully saturated rings.